The van der Waals surface area contributed by atoms with Gasteiger partial charge in [0.25, 0.3) is 10.0 Å². The maximum Gasteiger partial charge on any atom is 0.273 e. The summed E-state index contributed by atoms with van der Waals surface area (Å²) >= 11 is 1.51. The number of terminal acetylenes is 1. The van der Waals surface area contributed by atoms with E-state index in [2.05, 4.69) is 16.0 Å². The van der Waals surface area contributed by atoms with Crippen molar-refractivity contribution in [1.82, 2.24) is 10.0 Å². The zero-order valence-electron chi connectivity index (χ0n) is 11.1. The van der Waals surface area contributed by atoms with Crippen LogP contribution < -0.4 is 10.0 Å². The third-order valence-corrected chi connectivity index (χ3v) is 4.96. The molecular weight excluding hydrogens is 296 g/mol. The Hall–Kier alpha value is -0.940. The molecule has 1 saturated carbocycles. The SMILES string of the molecule is C#CCSCCNS(=O)(=O)c1ccc(CNC2CC2)o1. The van der Waals surface area contributed by atoms with Crippen LogP contribution >= 0.6 is 11.8 Å². The number of sulfonamides is 1. The number of furan rings is 1. The minimum absolute atomic E-state index is 0.0351. The van der Waals surface area contributed by atoms with Crippen molar-refractivity contribution in [1.29, 1.82) is 0 Å². The molecule has 7 heteroatoms. The summed E-state index contributed by atoms with van der Waals surface area (Å²) in [4.78, 5) is 0. The first-order valence-corrected chi connectivity index (χ1v) is 9.08. The number of hydrogen-bond donors (Lipinski definition) is 2. The van der Waals surface area contributed by atoms with Crippen molar-refractivity contribution in [2.45, 2.75) is 30.5 Å². The van der Waals surface area contributed by atoms with Crippen molar-refractivity contribution >= 4 is 21.8 Å². The van der Waals surface area contributed by atoms with E-state index in [1.807, 2.05) is 0 Å². The van der Waals surface area contributed by atoms with Crippen molar-refractivity contribution in [2.75, 3.05) is 18.1 Å². The van der Waals surface area contributed by atoms with Crippen molar-refractivity contribution in [2.24, 2.45) is 0 Å². The summed E-state index contributed by atoms with van der Waals surface area (Å²) in [6.07, 6.45) is 7.48. The highest BCUT2D eigenvalue weighted by atomic mass is 32.2. The lowest BCUT2D eigenvalue weighted by Crippen LogP contribution is -2.25. The largest absolute Gasteiger partial charge is 0.447 e. The van der Waals surface area contributed by atoms with Crippen LogP contribution in [-0.4, -0.2) is 32.5 Å². The first-order chi connectivity index (χ1) is 9.62. The quantitative estimate of drug-likeness (QED) is 0.529. The van der Waals surface area contributed by atoms with Gasteiger partial charge in [-0.15, -0.1) is 18.2 Å². The van der Waals surface area contributed by atoms with E-state index in [9.17, 15) is 8.42 Å². The second-order valence-corrected chi connectivity index (χ2v) is 7.33. The first kappa shape index (κ1) is 15.4. The van der Waals surface area contributed by atoms with Crippen LogP contribution in [0.4, 0.5) is 0 Å². The van der Waals surface area contributed by atoms with Gasteiger partial charge in [-0.05, 0) is 25.0 Å². The maximum atomic E-state index is 12.0. The molecule has 2 N–H and O–H groups in total. The molecule has 0 saturated heterocycles. The molecule has 0 unspecified atom stereocenters. The molecule has 1 aliphatic rings. The summed E-state index contributed by atoms with van der Waals surface area (Å²) in [5, 5.41) is 3.24. The predicted molar refractivity (Wildman–Crippen MR) is 79.9 cm³/mol. The summed E-state index contributed by atoms with van der Waals surface area (Å²) in [6.45, 7) is 0.906. The van der Waals surface area contributed by atoms with Crippen molar-refractivity contribution in [3.63, 3.8) is 0 Å². The lowest BCUT2D eigenvalue weighted by atomic mass is 10.4. The monoisotopic (exact) mass is 314 g/mol. The molecule has 20 heavy (non-hydrogen) atoms. The van der Waals surface area contributed by atoms with Crippen LogP contribution in [0.15, 0.2) is 21.6 Å². The summed E-state index contributed by atoms with van der Waals surface area (Å²) in [7, 11) is -3.56. The van der Waals surface area contributed by atoms with Crippen LogP contribution in [-0.2, 0) is 16.6 Å². The number of rotatable bonds is 9. The molecular formula is C13H18N2O3S2. The Kier molecular flexibility index (Phi) is 5.54. The third-order valence-electron chi connectivity index (χ3n) is 2.77. The van der Waals surface area contributed by atoms with Gasteiger partial charge in [-0.3, -0.25) is 0 Å². The molecule has 1 heterocycles. The van der Waals surface area contributed by atoms with E-state index in [4.69, 9.17) is 10.8 Å². The number of nitrogens with one attached hydrogen (secondary N) is 2. The average Bonchev–Trinajstić information content (AvgIpc) is 3.12. The van der Waals surface area contributed by atoms with Crippen LogP contribution in [0.2, 0.25) is 0 Å². The molecule has 0 amide bonds. The standard InChI is InChI=1S/C13H18N2O3S2/c1-2-8-19-9-7-15-20(16,17)13-6-5-12(18-13)10-14-11-3-4-11/h1,5-6,11,14-15H,3-4,7-10H2. The van der Waals surface area contributed by atoms with Gasteiger partial charge in [-0.1, -0.05) is 5.92 Å². The fourth-order valence-electron chi connectivity index (χ4n) is 1.58. The smallest absolute Gasteiger partial charge is 0.273 e. The molecule has 0 atom stereocenters. The van der Waals surface area contributed by atoms with E-state index in [0.29, 0.717) is 36.4 Å². The van der Waals surface area contributed by atoms with E-state index in [1.54, 1.807) is 6.07 Å². The highest BCUT2D eigenvalue weighted by Gasteiger charge is 2.22. The molecule has 0 radical (unpaired) electrons. The van der Waals surface area contributed by atoms with Gasteiger partial charge in [0.05, 0.1) is 12.3 Å². The van der Waals surface area contributed by atoms with Crippen LogP contribution in [0.1, 0.15) is 18.6 Å². The van der Waals surface area contributed by atoms with Gasteiger partial charge >= 0.3 is 0 Å². The maximum absolute atomic E-state index is 12.0. The molecule has 1 fully saturated rings. The van der Waals surface area contributed by atoms with Gasteiger partial charge in [0, 0.05) is 18.3 Å². The average molecular weight is 314 g/mol. The molecule has 110 valence electrons. The molecule has 1 aromatic rings. The number of hydrogen-bond acceptors (Lipinski definition) is 5. The zero-order chi connectivity index (χ0) is 14.4. The second-order valence-electron chi connectivity index (χ2n) is 4.53. The van der Waals surface area contributed by atoms with E-state index in [0.717, 1.165) is 0 Å². The van der Waals surface area contributed by atoms with Crippen LogP contribution in [0, 0.1) is 12.3 Å². The predicted octanol–water partition coefficient (Wildman–Crippen LogP) is 1.18. The Balaban J connectivity index is 1.80. The molecule has 5 nitrogen and oxygen atoms in total. The van der Waals surface area contributed by atoms with E-state index in [1.165, 1.54) is 30.7 Å². The van der Waals surface area contributed by atoms with Gasteiger partial charge in [0.1, 0.15) is 5.76 Å². The Morgan fingerprint density at radius 1 is 1.45 bits per heavy atom. The van der Waals surface area contributed by atoms with Gasteiger partial charge in [0.15, 0.2) is 0 Å². The lowest BCUT2D eigenvalue weighted by molar-refractivity contribution is 0.399. The van der Waals surface area contributed by atoms with Gasteiger partial charge in [0.2, 0.25) is 5.09 Å². The molecule has 1 aromatic heterocycles. The third kappa shape index (κ3) is 4.87. The highest BCUT2D eigenvalue weighted by Crippen LogP contribution is 2.20. The summed E-state index contributed by atoms with van der Waals surface area (Å²) < 4.78 is 31.8. The minimum atomic E-state index is -3.56. The molecule has 2 rings (SSSR count). The van der Waals surface area contributed by atoms with Crippen molar-refractivity contribution in [3.05, 3.63) is 17.9 Å². The lowest BCUT2D eigenvalue weighted by Gasteiger charge is -2.03. The van der Waals surface area contributed by atoms with Gasteiger partial charge in [-0.25, -0.2) is 13.1 Å². The van der Waals surface area contributed by atoms with Gasteiger partial charge < -0.3 is 9.73 Å². The molecule has 0 bridgehead atoms. The Labute approximate surface area is 123 Å². The number of thioether (sulfide) groups is 1. The molecule has 0 aromatic carbocycles. The molecule has 1 aliphatic carbocycles. The van der Waals surface area contributed by atoms with Crippen LogP contribution in [0.3, 0.4) is 0 Å². The molecule has 0 spiro atoms. The van der Waals surface area contributed by atoms with Gasteiger partial charge in [-0.2, -0.15) is 0 Å². The summed E-state index contributed by atoms with van der Waals surface area (Å²) in [5.41, 5.74) is 0. The Morgan fingerprint density at radius 2 is 2.25 bits per heavy atom. The summed E-state index contributed by atoms with van der Waals surface area (Å²) in [5.74, 6) is 4.35. The van der Waals surface area contributed by atoms with Crippen LogP contribution in [0.25, 0.3) is 0 Å². The highest BCUT2D eigenvalue weighted by molar-refractivity contribution is 7.99. The Morgan fingerprint density at radius 3 is 2.95 bits per heavy atom. The van der Waals surface area contributed by atoms with Crippen molar-refractivity contribution < 1.29 is 12.8 Å². The van der Waals surface area contributed by atoms with E-state index >= 15 is 0 Å². The van der Waals surface area contributed by atoms with E-state index < -0.39 is 10.0 Å². The fourth-order valence-corrected chi connectivity index (χ4v) is 3.20. The van der Waals surface area contributed by atoms with E-state index in [-0.39, 0.29) is 5.09 Å². The first-order valence-electron chi connectivity index (χ1n) is 6.45. The molecule has 0 aliphatic heterocycles. The van der Waals surface area contributed by atoms with Crippen LogP contribution in [0.5, 0.6) is 0 Å². The Bertz CT molecular complexity index is 571. The minimum Gasteiger partial charge on any atom is -0.447 e. The van der Waals surface area contributed by atoms with Crippen molar-refractivity contribution in [3.8, 4) is 12.3 Å². The normalized spacial score (nSPS) is 15.2. The zero-order valence-corrected chi connectivity index (χ0v) is 12.7. The second kappa shape index (κ2) is 7.18. The summed E-state index contributed by atoms with van der Waals surface area (Å²) in [6, 6.07) is 3.74. The fraction of sp³-hybridized carbons (Fsp3) is 0.538. The topological polar surface area (TPSA) is 71.3 Å².